The normalized spacial score (nSPS) is 21.8. The molecule has 2 rings (SSSR count). The molecule has 0 aromatic heterocycles. The molecule has 1 fully saturated rings. The van der Waals surface area contributed by atoms with E-state index in [2.05, 4.69) is 24.8 Å². The molecule has 0 aliphatic heterocycles. The van der Waals surface area contributed by atoms with E-state index in [-0.39, 0.29) is 5.97 Å². The molecule has 1 saturated carbocycles. The summed E-state index contributed by atoms with van der Waals surface area (Å²) in [5, 5.41) is 8.80. The summed E-state index contributed by atoms with van der Waals surface area (Å²) in [5.74, 6) is 0.696. The molecular formula is C17H19NO2. The van der Waals surface area contributed by atoms with Crippen molar-refractivity contribution in [2.75, 3.05) is 6.61 Å². The molecule has 104 valence electrons. The van der Waals surface area contributed by atoms with E-state index in [4.69, 9.17) is 10.00 Å². The predicted octanol–water partition coefficient (Wildman–Crippen LogP) is 3.56. The fraction of sp³-hybridized carbons (Fsp3) is 0.412. The summed E-state index contributed by atoms with van der Waals surface area (Å²) in [4.78, 5) is 11.0. The highest BCUT2D eigenvalue weighted by molar-refractivity contribution is 5.81. The van der Waals surface area contributed by atoms with Crippen LogP contribution in [0, 0.1) is 17.2 Å². The number of nitriles is 1. The summed E-state index contributed by atoms with van der Waals surface area (Å²) in [6.45, 7) is 3.90. The van der Waals surface area contributed by atoms with Gasteiger partial charge in [0, 0.05) is 6.08 Å². The maximum absolute atomic E-state index is 11.0. The molecule has 0 atom stereocenters. The monoisotopic (exact) mass is 269 g/mol. The molecule has 0 N–H and O–H groups in total. The van der Waals surface area contributed by atoms with E-state index >= 15 is 0 Å². The smallest absolute Gasteiger partial charge is 0.330 e. The van der Waals surface area contributed by atoms with Gasteiger partial charge in [-0.05, 0) is 55.2 Å². The van der Waals surface area contributed by atoms with Crippen LogP contribution in [0.15, 0.2) is 36.9 Å². The molecular weight excluding hydrogens is 250 g/mol. The molecule has 1 aliphatic rings. The maximum atomic E-state index is 11.0. The number of carbonyl (C=O) groups is 1. The molecule has 0 amide bonds. The van der Waals surface area contributed by atoms with E-state index < -0.39 is 0 Å². The minimum absolute atomic E-state index is 0.334. The van der Waals surface area contributed by atoms with Crippen LogP contribution < -0.4 is 0 Å². The number of rotatable bonds is 4. The number of nitrogens with zero attached hydrogens (tertiary/aromatic N) is 1. The summed E-state index contributed by atoms with van der Waals surface area (Å²) >= 11 is 0. The Morgan fingerprint density at radius 1 is 1.30 bits per heavy atom. The first kappa shape index (κ1) is 14.3. The van der Waals surface area contributed by atoms with Gasteiger partial charge in [-0.3, -0.25) is 0 Å². The van der Waals surface area contributed by atoms with Crippen molar-refractivity contribution in [2.45, 2.75) is 31.6 Å². The SMILES string of the molecule is C=CC(=O)OCC1CCC(c2ccc(C#N)cc2)CC1. The molecule has 1 aromatic carbocycles. The highest BCUT2D eigenvalue weighted by Crippen LogP contribution is 2.35. The van der Waals surface area contributed by atoms with Crippen molar-refractivity contribution < 1.29 is 9.53 Å². The lowest BCUT2D eigenvalue weighted by atomic mass is 9.79. The zero-order valence-electron chi connectivity index (χ0n) is 11.5. The third kappa shape index (κ3) is 3.71. The van der Waals surface area contributed by atoms with E-state index in [0.29, 0.717) is 24.0 Å². The highest BCUT2D eigenvalue weighted by Gasteiger charge is 2.23. The summed E-state index contributed by atoms with van der Waals surface area (Å²) in [7, 11) is 0. The number of ether oxygens (including phenoxy) is 1. The zero-order valence-corrected chi connectivity index (χ0v) is 11.5. The van der Waals surface area contributed by atoms with Gasteiger partial charge >= 0.3 is 5.97 Å². The van der Waals surface area contributed by atoms with Crippen molar-refractivity contribution in [3.05, 3.63) is 48.0 Å². The summed E-state index contributed by atoms with van der Waals surface area (Å²) in [6.07, 6.45) is 5.59. The van der Waals surface area contributed by atoms with Crippen LogP contribution in [0.3, 0.4) is 0 Å². The number of hydrogen-bond acceptors (Lipinski definition) is 3. The summed E-state index contributed by atoms with van der Waals surface area (Å²) in [5.41, 5.74) is 2.02. The topological polar surface area (TPSA) is 50.1 Å². The quantitative estimate of drug-likeness (QED) is 0.620. The van der Waals surface area contributed by atoms with Crippen LogP contribution in [0.25, 0.3) is 0 Å². The fourth-order valence-electron chi connectivity index (χ4n) is 2.75. The number of hydrogen-bond donors (Lipinski definition) is 0. The van der Waals surface area contributed by atoms with Crippen molar-refractivity contribution in [1.29, 1.82) is 5.26 Å². The molecule has 0 unspecified atom stereocenters. The Hall–Kier alpha value is -2.08. The molecule has 3 nitrogen and oxygen atoms in total. The zero-order chi connectivity index (χ0) is 14.4. The maximum Gasteiger partial charge on any atom is 0.330 e. The van der Waals surface area contributed by atoms with E-state index in [9.17, 15) is 4.79 Å². The largest absolute Gasteiger partial charge is 0.462 e. The van der Waals surface area contributed by atoms with Crippen molar-refractivity contribution >= 4 is 5.97 Å². The lowest BCUT2D eigenvalue weighted by Gasteiger charge is -2.28. The van der Waals surface area contributed by atoms with E-state index in [1.54, 1.807) is 0 Å². The Morgan fingerprint density at radius 3 is 2.50 bits per heavy atom. The third-order valence-corrected chi connectivity index (χ3v) is 3.99. The van der Waals surface area contributed by atoms with Crippen LogP contribution in [0.1, 0.15) is 42.7 Å². The minimum atomic E-state index is -0.334. The van der Waals surface area contributed by atoms with E-state index in [1.807, 2.05) is 12.1 Å². The van der Waals surface area contributed by atoms with Gasteiger partial charge in [0.05, 0.1) is 18.2 Å². The Morgan fingerprint density at radius 2 is 1.95 bits per heavy atom. The third-order valence-electron chi connectivity index (χ3n) is 3.99. The van der Waals surface area contributed by atoms with Gasteiger partial charge < -0.3 is 4.74 Å². The van der Waals surface area contributed by atoms with Gasteiger partial charge in [0.1, 0.15) is 0 Å². The second-order valence-electron chi connectivity index (χ2n) is 5.29. The van der Waals surface area contributed by atoms with Crippen LogP contribution >= 0.6 is 0 Å². The average Bonchev–Trinajstić information content (AvgIpc) is 2.53. The average molecular weight is 269 g/mol. The van der Waals surface area contributed by atoms with Gasteiger partial charge in [0.15, 0.2) is 0 Å². The van der Waals surface area contributed by atoms with Crippen molar-refractivity contribution in [2.24, 2.45) is 5.92 Å². The molecule has 0 radical (unpaired) electrons. The lowest BCUT2D eigenvalue weighted by molar-refractivity contribution is -0.139. The Kier molecular flexibility index (Phi) is 4.95. The molecule has 20 heavy (non-hydrogen) atoms. The molecule has 1 aliphatic carbocycles. The van der Waals surface area contributed by atoms with Crippen molar-refractivity contribution in [3.63, 3.8) is 0 Å². The molecule has 1 aromatic rings. The first-order chi connectivity index (χ1) is 9.72. The van der Waals surface area contributed by atoms with Crippen LogP contribution in [0.4, 0.5) is 0 Å². The van der Waals surface area contributed by atoms with Gasteiger partial charge in [-0.25, -0.2) is 4.79 Å². The second kappa shape index (κ2) is 6.91. The van der Waals surface area contributed by atoms with Crippen molar-refractivity contribution in [3.8, 4) is 6.07 Å². The minimum Gasteiger partial charge on any atom is -0.462 e. The number of benzene rings is 1. The van der Waals surface area contributed by atoms with Gasteiger partial charge in [-0.2, -0.15) is 5.26 Å². The molecule has 0 bridgehead atoms. The lowest BCUT2D eigenvalue weighted by Crippen LogP contribution is -2.19. The number of esters is 1. The summed E-state index contributed by atoms with van der Waals surface area (Å²) < 4.78 is 5.11. The van der Waals surface area contributed by atoms with E-state index in [1.165, 1.54) is 11.6 Å². The van der Waals surface area contributed by atoms with Gasteiger partial charge in [0.2, 0.25) is 0 Å². The Labute approximate surface area is 119 Å². The number of carbonyl (C=O) groups excluding carboxylic acids is 1. The van der Waals surface area contributed by atoms with Crippen LogP contribution in [0.2, 0.25) is 0 Å². The highest BCUT2D eigenvalue weighted by atomic mass is 16.5. The molecule has 0 saturated heterocycles. The second-order valence-corrected chi connectivity index (χ2v) is 5.29. The standard InChI is InChI=1S/C17H19NO2/c1-2-17(19)20-12-14-5-9-16(10-6-14)15-7-3-13(11-18)4-8-15/h2-4,7-8,14,16H,1,5-6,9-10,12H2. The van der Waals surface area contributed by atoms with E-state index in [0.717, 1.165) is 25.7 Å². The molecule has 0 spiro atoms. The van der Waals surface area contributed by atoms with Crippen molar-refractivity contribution in [1.82, 2.24) is 0 Å². The summed E-state index contributed by atoms with van der Waals surface area (Å²) in [6, 6.07) is 10.0. The first-order valence-corrected chi connectivity index (χ1v) is 7.02. The Balaban J connectivity index is 1.83. The molecule has 3 heteroatoms. The fourth-order valence-corrected chi connectivity index (χ4v) is 2.75. The van der Waals surface area contributed by atoms with Crippen LogP contribution in [0.5, 0.6) is 0 Å². The van der Waals surface area contributed by atoms with Gasteiger partial charge in [-0.15, -0.1) is 0 Å². The van der Waals surface area contributed by atoms with Crippen LogP contribution in [-0.2, 0) is 9.53 Å². The van der Waals surface area contributed by atoms with Gasteiger partial charge in [0.25, 0.3) is 0 Å². The van der Waals surface area contributed by atoms with Crippen LogP contribution in [-0.4, -0.2) is 12.6 Å². The first-order valence-electron chi connectivity index (χ1n) is 7.02. The Bertz CT molecular complexity index is 505. The van der Waals surface area contributed by atoms with Gasteiger partial charge in [-0.1, -0.05) is 18.7 Å². The molecule has 0 heterocycles. The predicted molar refractivity (Wildman–Crippen MR) is 77.0 cm³/mol.